The maximum Gasteiger partial charge on any atom is 0.304 e. The summed E-state index contributed by atoms with van der Waals surface area (Å²) in [6.45, 7) is 0.572. The van der Waals surface area contributed by atoms with E-state index >= 15 is 0 Å². The van der Waals surface area contributed by atoms with Crippen molar-refractivity contribution >= 4 is 11.9 Å². The van der Waals surface area contributed by atoms with Gasteiger partial charge in [0.1, 0.15) is 0 Å². The molecule has 0 bridgehead atoms. The number of guanidine groups is 1. The van der Waals surface area contributed by atoms with Crippen molar-refractivity contribution in [1.82, 2.24) is 0 Å². The van der Waals surface area contributed by atoms with E-state index in [1.54, 1.807) is 0 Å². The van der Waals surface area contributed by atoms with Crippen LogP contribution in [0.5, 0.6) is 0 Å². The summed E-state index contributed by atoms with van der Waals surface area (Å²) in [5, 5.41) is 8.42. The quantitative estimate of drug-likeness (QED) is 0.245. The van der Waals surface area contributed by atoms with Crippen molar-refractivity contribution in [3.05, 3.63) is 0 Å². The number of nitrogens with zero attached hydrogens (tertiary/aromatic N) is 1. The summed E-state index contributed by atoms with van der Waals surface area (Å²) in [5.41, 5.74) is 15.8. The van der Waals surface area contributed by atoms with E-state index in [0.717, 1.165) is 12.8 Å². The molecular weight excluding hydrogens is 184 g/mol. The fourth-order valence-corrected chi connectivity index (χ4v) is 1.05. The van der Waals surface area contributed by atoms with E-state index in [2.05, 4.69) is 4.99 Å². The molecule has 82 valence electrons. The summed E-state index contributed by atoms with van der Waals surface area (Å²) in [6.07, 6.45) is 2.37. The molecule has 6 nitrogen and oxygen atoms in total. The zero-order chi connectivity index (χ0) is 11.0. The lowest BCUT2D eigenvalue weighted by Gasteiger charge is -2.07. The Kier molecular flexibility index (Phi) is 6.47. The van der Waals surface area contributed by atoms with Gasteiger partial charge in [-0.25, -0.2) is 0 Å². The number of carboxylic acid groups (broad SMARTS) is 1. The number of carbonyl (C=O) groups is 1. The Morgan fingerprint density at radius 3 is 2.50 bits per heavy atom. The highest BCUT2D eigenvalue weighted by molar-refractivity contribution is 5.75. The van der Waals surface area contributed by atoms with Crippen LogP contribution in [0.15, 0.2) is 4.99 Å². The Labute approximate surface area is 83.2 Å². The van der Waals surface area contributed by atoms with Crippen LogP contribution in [-0.2, 0) is 4.79 Å². The first-order valence-corrected chi connectivity index (χ1v) is 4.55. The zero-order valence-electron chi connectivity index (χ0n) is 8.15. The summed E-state index contributed by atoms with van der Waals surface area (Å²) in [4.78, 5) is 14.1. The van der Waals surface area contributed by atoms with Crippen LogP contribution in [0.1, 0.15) is 25.7 Å². The molecule has 0 fully saturated rings. The predicted octanol–water partition coefficient (Wildman–Crippen LogP) is -0.768. The van der Waals surface area contributed by atoms with Gasteiger partial charge in [0.05, 0.1) is 6.42 Å². The van der Waals surface area contributed by atoms with Gasteiger partial charge in [-0.1, -0.05) is 6.42 Å². The van der Waals surface area contributed by atoms with Gasteiger partial charge in [-0.3, -0.25) is 9.79 Å². The van der Waals surface area contributed by atoms with Crippen molar-refractivity contribution < 1.29 is 9.90 Å². The highest BCUT2D eigenvalue weighted by Gasteiger charge is 2.06. The number of hydrogen-bond acceptors (Lipinski definition) is 3. The largest absolute Gasteiger partial charge is 0.481 e. The first-order valence-electron chi connectivity index (χ1n) is 4.55. The summed E-state index contributed by atoms with van der Waals surface area (Å²) >= 11 is 0. The molecule has 0 saturated heterocycles. The van der Waals surface area contributed by atoms with Crippen molar-refractivity contribution in [3.8, 4) is 0 Å². The van der Waals surface area contributed by atoms with Gasteiger partial charge < -0.3 is 22.3 Å². The minimum Gasteiger partial charge on any atom is -0.481 e. The number of hydrogen-bond donors (Lipinski definition) is 4. The van der Waals surface area contributed by atoms with E-state index in [0.29, 0.717) is 13.0 Å². The van der Waals surface area contributed by atoms with Gasteiger partial charge >= 0.3 is 5.97 Å². The fourth-order valence-electron chi connectivity index (χ4n) is 1.05. The average Bonchev–Trinajstić information content (AvgIpc) is 2.01. The van der Waals surface area contributed by atoms with Crippen molar-refractivity contribution in [1.29, 1.82) is 0 Å². The molecule has 1 atom stereocenters. The van der Waals surface area contributed by atoms with Crippen LogP contribution in [0.2, 0.25) is 0 Å². The second-order valence-electron chi connectivity index (χ2n) is 3.16. The van der Waals surface area contributed by atoms with Crippen LogP contribution < -0.4 is 17.2 Å². The maximum absolute atomic E-state index is 10.3. The van der Waals surface area contributed by atoms with Gasteiger partial charge in [-0.15, -0.1) is 0 Å². The molecule has 14 heavy (non-hydrogen) atoms. The molecular formula is C8H18N4O2. The monoisotopic (exact) mass is 202 g/mol. The Morgan fingerprint density at radius 1 is 1.36 bits per heavy atom. The van der Waals surface area contributed by atoms with E-state index in [-0.39, 0.29) is 18.4 Å². The Morgan fingerprint density at radius 2 is 2.00 bits per heavy atom. The van der Waals surface area contributed by atoms with Gasteiger partial charge in [0.2, 0.25) is 0 Å². The van der Waals surface area contributed by atoms with Crippen LogP contribution in [0.25, 0.3) is 0 Å². The van der Waals surface area contributed by atoms with Crippen LogP contribution in [-0.4, -0.2) is 29.6 Å². The number of nitrogens with two attached hydrogens (primary N) is 3. The molecule has 0 aromatic rings. The standard InChI is InChI=1S/C8H18N4O2/c9-6(5-7(13)14)3-1-2-4-12-8(10)11/h6H,1-5,9H2,(H,13,14)(H4,10,11,12). The fraction of sp³-hybridized carbons (Fsp3) is 0.750. The maximum atomic E-state index is 10.3. The van der Waals surface area contributed by atoms with E-state index < -0.39 is 5.97 Å². The van der Waals surface area contributed by atoms with Crippen LogP contribution >= 0.6 is 0 Å². The molecule has 0 aliphatic heterocycles. The number of carboxylic acids is 1. The second kappa shape index (κ2) is 7.14. The highest BCUT2D eigenvalue weighted by Crippen LogP contribution is 2.02. The van der Waals surface area contributed by atoms with Gasteiger partial charge in [0, 0.05) is 12.6 Å². The molecule has 0 heterocycles. The molecule has 0 aliphatic carbocycles. The molecule has 0 aromatic heterocycles. The normalized spacial score (nSPS) is 12.1. The van der Waals surface area contributed by atoms with Gasteiger partial charge in [-0.05, 0) is 12.8 Å². The molecule has 6 heteroatoms. The van der Waals surface area contributed by atoms with Crippen LogP contribution in [0.3, 0.4) is 0 Å². The number of unbranched alkanes of at least 4 members (excludes halogenated alkanes) is 1. The summed E-state index contributed by atoms with van der Waals surface area (Å²) in [5.74, 6) is -0.776. The zero-order valence-corrected chi connectivity index (χ0v) is 8.15. The molecule has 0 aromatic carbocycles. The average molecular weight is 202 g/mol. The van der Waals surface area contributed by atoms with Gasteiger partial charge in [-0.2, -0.15) is 0 Å². The second-order valence-corrected chi connectivity index (χ2v) is 3.16. The first-order chi connectivity index (χ1) is 6.52. The first kappa shape index (κ1) is 12.7. The molecule has 0 amide bonds. The summed E-state index contributed by atoms with van der Waals surface area (Å²) < 4.78 is 0. The third kappa shape index (κ3) is 8.79. The molecule has 0 rings (SSSR count). The van der Waals surface area contributed by atoms with Gasteiger partial charge in [0.25, 0.3) is 0 Å². The van der Waals surface area contributed by atoms with Crippen molar-refractivity contribution in [2.45, 2.75) is 31.7 Å². The lowest BCUT2D eigenvalue weighted by molar-refractivity contribution is -0.137. The molecule has 0 radical (unpaired) electrons. The van der Waals surface area contributed by atoms with E-state index in [1.165, 1.54) is 0 Å². The van der Waals surface area contributed by atoms with Crippen molar-refractivity contribution in [2.75, 3.05) is 6.54 Å². The Bertz CT molecular complexity index is 202. The van der Waals surface area contributed by atoms with Crippen molar-refractivity contribution in [2.24, 2.45) is 22.2 Å². The van der Waals surface area contributed by atoms with E-state index in [9.17, 15) is 4.79 Å². The summed E-state index contributed by atoms with van der Waals surface area (Å²) in [6, 6.07) is -0.272. The minimum atomic E-state index is -0.860. The lowest BCUT2D eigenvalue weighted by atomic mass is 10.1. The number of rotatable bonds is 7. The van der Waals surface area contributed by atoms with Gasteiger partial charge in [0.15, 0.2) is 5.96 Å². The smallest absolute Gasteiger partial charge is 0.304 e. The number of aliphatic imine (C=N–C) groups is 1. The SMILES string of the molecule is NC(N)=NCCCCC(N)CC(=O)O. The minimum absolute atomic E-state index is 0.0162. The number of aliphatic carboxylic acids is 1. The van der Waals surface area contributed by atoms with E-state index in [4.69, 9.17) is 22.3 Å². The topological polar surface area (TPSA) is 128 Å². The summed E-state index contributed by atoms with van der Waals surface area (Å²) in [7, 11) is 0. The van der Waals surface area contributed by atoms with Crippen molar-refractivity contribution in [3.63, 3.8) is 0 Å². The third-order valence-electron chi connectivity index (χ3n) is 1.71. The third-order valence-corrected chi connectivity index (χ3v) is 1.71. The molecule has 7 N–H and O–H groups in total. The van der Waals surface area contributed by atoms with Crippen LogP contribution in [0, 0.1) is 0 Å². The molecule has 0 saturated carbocycles. The molecule has 0 spiro atoms. The molecule has 1 unspecified atom stereocenters. The highest BCUT2D eigenvalue weighted by atomic mass is 16.4. The Balaban J connectivity index is 3.36. The lowest BCUT2D eigenvalue weighted by Crippen LogP contribution is -2.24. The Hall–Kier alpha value is -1.30. The molecule has 0 aliphatic rings. The van der Waals surface area contributed by atoms with E-state index in [1.807, 2.05) is 0 Å². The van der Waals surface area contributed by atoms with Crippen LogP contribution in [0.4, 0.5) is 0 Å². The predicted molar refractivity (Wildman–Crippen MR) is 54.8 cm³/mol.